The van der Waals surface area contributed by atoms with Crippen molar-refractivity contribution < 1.29 is 4.39 Å². The molecule has 1 aliphatic rings. The van der Waals surface area contributed by atoms with E-state index in [4.69, 9.17) is 0 Å². The van der Waals surface area contributed by atoms with Crippen LogP contribution < -0.4 is 0 Å². The third-order valence-corrected chi connectivity index (χ3v) is 4.66. The van der Waals surface area contributed by atoms with Crippen molar-refractivity contribution in [3.05, 3.63) is 69.4 Å². The zero-order chi connectivity index (χ0) is 13.9. The lowest BCUT2D eigenvalue weighted by molar-refractivity contribution is 0.278. The van der Waals surface area contributed by atoms with E-state index in [9.17, 15) is 4.39 Å². The van der Waals surface area contributed by atoms with Crippen molar-refractivity contribution >= 4 is 15.9 Å². The number of hydrogen-bond donors (Lipinski definition) is 0. The van der Waals surface area contributed by atoms with Crippen molar-refractivity contribution in [1.82, 2.24) is 4.90 Å². The highest BCUT2D eigenvalue weighted by Crippen LogP contribution is 2.22. The van der Waals surface area contributed by atoms with Crippen molar-refractivity contribution in [3.8, 4) is 0 Å². The van der Waals surface area contributed by atoms with Gasteiger partial charge in [-0.15, -0.1) is 0 Å². The van der Waals surface area contributed by atoms with E-state index in [0.29, 0.717) is 0 Å². The van der Waals surface area contributed by atoms with Gasteiger partial charge in [0.2, 0.25) is 0 Å². The Bertz CT molecular complexity index is 585. The zero-order valence-corrected chi connectivity index (χ0v) is 12.9. The van der Waals surface area contributed by atoms with Crippen LogP contribution in [0, 0.1) is 5.82 Å². The summed E-state index contributed by atoms with van der Waals surface area (Å²) in [4.78, 5) is 2.44. The molecule has 3 heteroatoms. The molecule has 0 spiro atoms. The molecule has 0 aromatic heterocycles. The fourth-order valence-corrected chi connectivity index (χ4v) is 3.24. The monoisotopic (exact) mass is 333 g/mol. The Morgan fingerprint density at radius 3 is 2.25 bits per heavy atom. The summed E-state index contributed by atoms with van der Waals surface area (Å²) in [6.45, 7) is 2.98. The summed E-state index contributed by atoms with van der Waals surface area (Å²) in [5.41, 5.74) is 4.08. The van der Waals surface area contributed by atoms with E-state index in [2.05, 4.69) is 45.1 Å². The highest BCUT2D eigenvalue weighted by Gasteiger charge is 2.14. The molecule has 3 rings (SSSR count). The Morgan fingerprint density at radius 1 is 1.00 bits per heavy atom. The number of nitrogens with zero attached hydrogens (tertiary/aromatic N) is 1. The summed E-state index contributed by atoms with van der Waals surface area (Å²) in [5, 5.41) is 0. The zero-order valence-electron chi connectivity index (χ0n) is 11.3. The van der Waals surface area contributed by atoms with Crippen LogP contribution in [0.3, 0.4) is 0 Å². The van der Waals surface area contributed by atoms with Gasteiger partial charge in [0.15, 0.2) is 0 Å². The summed E-state index contributed by atoms with van der Waals surface area (Å²) in [7, 11) is 0. The maximum Gasteiger partial charge on any atom is 0.124 e. The molecule has 1 heterocycles. The van der Waals surface area contributed by atoms with Crippen molar-refractivity contribution in [2.75, 3.05) is 13.1 Å². The molecule has 0 aliphatic carbocycles. The minimum absolute atomic E-state index is 0.191. The second-order valence-electron chi connectivity index (χ2n) is 5.28. The first-order valence-electron chi connectivity index (χ1n) is 6.95. The first-order chi connectivity index (χ1) is 9.72. The van der Waals surface area contributed by atoms with E-state index in [0.717, 1.165) is 42.5 Å². The summed E-state index contributed by atoms with van der Waals surface area (Å²) < 4.78 is 14.0. The van der Waals surface area contributed by atoms with Crippen molar-refractivity contribution in [3.63, 3.8) is 0 Å². The van der Waals surface area contributed by atoms with Crippen LogP contribution in [-0.2, 0) is 19.4 Å². The minimum atomic E-state index is -0.191. The van der Waals surface area contributed by atoms with Gasteiger partial charge in [-0.2, -0.15) is 0 Å². The molecule has 0 radical (unpaired) electrons. The van der Waals surface area contributed by atoms with E-state index in [1.807, 2.05) is 6.07 Å². The normalized spacial score (nSPS) is 15.7. The van der Waals surface area contributed by atoms with Gasteiger partial charge in [-0.05, 0) is 41.7 Å². The van der Waals surface area contributed by atoms with Crippen LogP contribution >= 0.6 is 15.9 Å². The molecule has 104 valence electrons. The molecule has 0 saturated carbocycles. The van der Waals surface area contributed by atoms with Crippen LogP contribution in [0.1, 0.15) is 16.7 Å². The molecular formula is C17H17BrFN. The minimum Gasteiger partial charge on any atom is -0.298 e. The topological polar surface area (TPSA) is 3.24 Å². The molecular weight excluding hydrogens is 317 g/mol. The van der Waals surface area contributed by atoms with Crippen LogP contribution in [-0.4, -0.2) is 18.0 Å². The highest BCUT2D eigenvalue weighted by atomic mass is 79.9. The van der Waals surface area contributed by atoms with E-state index < -0.39 is 0 Å². The van der Waals surface area contributed by atoms with Crippen LogP contribution in [0.5, 0.6) is 0 Å². The quantitative estimate of drug-likeness (QED) is 0.796. The Balaban J connectivity index is 1.71. The van der Waals surface area contributed by atoms with E-state index >= 15 is 0 Å². The largest absolute Gasteiger partial charge is 0.298 e. The van der Waals surface area contributed by atoms with Crippen molar-refractivity contribution in [1.29, 1.82) is 0 Å². The number of halogens is 2. The lowest BCUT2D eigenvalue weighted by Gasteiger charge is -2.20. The predicted octanol–water partition coefficient (Wildman–Crippen LogP) is 4.19. The molecule has 2 aromatic rings. The molecule has 0 atom stereocenters. The average Bonchev–Trinajstić information content (AvgIpc) is 2.65. The summed E-state index contributed by atoms with van der Waals surface area (Å²) in [5.74, 6) is -0.191. The molecule has 1 aliphatic heterocycles. The highest BCUT2D eigenvalue weighted by molar-refractivity contribution is 9.10. The fourth-order valence-electron chi connectivity index (χ4n) is 2.76. The van der Waals surface area contributed by atoms with Crippen molar-refractivity contribution in [2.24, 2.45) is 0 Å². The summed E-state index contributed by atoms with van der Waals surface area (Å²) in [6, 6.07) is 13.6. The third-order valence-electron chi connectivity index (χ3n) is 3.92. The molecule has 1 nitrogen and oxygen atoms in total. The molecule has 20 heavy (non-hydrogen) atoms. The van der Waals surface area contributed by atoms with Crippen LogP contribution in [0.2, 0.25) is 0 Å². The predicted molar refractivity (Wildman–Crippen MR) is 83.2 cm³/mol. The van der Waals surface area contributed by atoms with Gasteiger partial charge in [0, 0.05) is 24.1 Å². The first-order valence-corrected chi connectivity index (χ1v) is 7.75. The lowest BCUT2D eigenvalue weighted by atomic mass is 10.0. The van der Waals surface area contributed by atoms with Gasteiger partial charge in [0.05, 0.1) is 0 Å². The van der Waals surface area contributed by atoms with E-state index in [1.54, 1.807) is 6.07 Å². The van der Waals surface area contributed by atoms with Gasteiger partial charge in [0.25, 0.3) is 0 Å². The molecule has 2 aromatic carbocycles. The second kappa shape index (κ2) is 6.06. The number of fused-ring (bicyclic) bond motifs is 1. The maximum atomic E-state index is 13.1. The number of hydrogen-bond acceptors (Lipinski definition) is 1. The van der Waals surface area contributed by atoms with Gasteiger partial charge in [-0.25, -0.2) is 4.39 Å². The van der Waals surface area contributed by atoms with Crippen LogP contribution in [0.25, 0.3) is 0 Å². The lowest BCUT2D eigenvalue weighted by Crippen LogP contribution is -2.26. The van der Waals surface area contributed by atoms with Gasteiger partial charge >= 0.3 is 0 Å². The maximum absolute atomic E-state index is 13.1. The van der Waals surface area contributed by atoms with Crippen LogP contribution in [0.15, 0.2) is 46.9 Å². The second-order valence-corrected chi connectivity index (χ2v) is 6.13. The van der Waals surface area contributed by atoms with E-state index in [-0.39, 0.29) is 5.82 Å². The van der Waals surface area contributed by atoms with Crippen LogP contribution in [0.4, 0.5) is 4.39 Å². The third kappa shape index (κ3) is 3.10. The van der Waals surface area contributed by atoms with E-state index in [1.165, 1.54) is 17.2 Å². The Hall–Kier alpha value is -1.19. The smallest absolute Gasteiger partial charge is 0.124 e. The number of rotatable bonds is 2. The Morgan fingerprint density at radius 2 is 1.65 bits per heavy atom. The molecule has 0 unspecified atom stereocenters. The van der Waals surface area contributed by atoms with Crippen molar-refractivity contribution in [2.45, 2.75) is 19.4 Å². The Labute approximate surface area is 127 Å². The molecule has 0 N–H and O–H groups in total. The molecule has 0 saturated heterocycles. The van der Waals surface area contributed by atoms with Gasteiger partial charge < -0.3 is 0 Å². The molecule has 0 bridgehead atoms. The summed E-state index contributed by atoms with van der Waals surface area (Å²) in [6.07, 6.45) is 2.18. The standard InChI is InChI=1S/C17H17BrFN/c18-17-11-16(19)6-5-15(17)12-20-9-7-13-3-1-2-4-14(13)8-10-20/h1-6,11H,7-10,12H2. The van der Waals surface area contributed by atoms with Gasteiger partial charge in [-0.1, -0.05) is 46.3 Å². The van der Waals surface area contributed by atoms with Gasteiger partial charge in [-0.3, -0.25) is 4.90 Å². The Kier molecular flexibility index (Phi) is 4.18. The molecule has 0 amide bonds. The first kappa shape index (κ1) is 13.8. The fraction of sp³-hybridized carbons (Fsp3) is 0.294. The SMILES string of the molecule is Fc1ccc(CN2CCc3ccccc3CC2)c(Br)c1. The molecule has 0 fully saturated rings. The summed E-state index contributed by atoms with van der Waals surface area (Å²) >= 11 is 3.46. The van der Waals surface area contributed by atoms with Gasteiger partial charge in [0.1, 0.15) is 5.82 Å². The average molecular weight is 334 g/mol. The number of benzene rings is 2.